The summed E-state index contributed by atoms with van der Waals surface area (Å²) in [5.41, 5.74) is 1.91. The summed E-state index contributed by atoms with van der Waals surface area (Å²) < 4.78 is 17.5. The summed E-state index contributed by atoms with van der Waals surface area (Å²) in [6.45, 7) is 15.4. The summed E-state index contributed by atoms with van der Waals surface area (Å²) in [7, 11) is 3.20. The minimum Gasteiger partial charge on any atom is -0.494 e. The summed E-state index contributed by atoms with van der Waals surface area (Å²) in [5.74, 6) is 0.925. The van der Waals surface area contributed by atoms with Gasteiger partial charge in [0.05, 0.1) is 13.7 Å². The number of carbonyl (C=O) groups is 1. The second kappa shape index (κ2) is 20.8. The zero-order valence-corrected chi connectivity index (χ0v) is 22.2. The Morgan fingerprint density at radius 1 is 1.26 bits per heavy atom. The minimum absolute atomic E-state index is 0. The quantitative estimate of drug-likeness (QED) is 0.543. The zero-order valence-electron chi connectivity index (χ0n) is 22.2. The number of aryl methyl sites for hydroxylation is 2. The molecule has 0 bridgehead atoms. The Labute approximate surface area is 212 Å². The van der Waals surface area contributed by atoms with Crippen molar-refractivity contribution in [2.45, 2.75) is 67.9 Å². The molecule has 0 saturated carbocycles. The number of likely N-dealkylation sites (tertiary alicyclic amines) is 1. The molecule has 2 heterocycles. The number of hydrogen-bond donors (Lipinski definition) is 2. The maximum absolute atomic E-state index is 12.7. The number of nitrogens with zero attached hydrogens (tertiary/aromatic N) is 3. The van der Waals surface area contributed by atoms with Crippen molar-refractivity contribution in [3.05, 3.63) is 47.5 Å². The molecule has 1 aromatic carbocycles. The van der Waals surface area contributed by atoms with Gasteiger partial charge in [0.2, 0.25) is 5.95 Å². The number of likely N-dealkylation sites (N-methyl/N-ethyl adjacent to an activating group) is 2. The van der Waals surface area contributed by atoms with E-state index in [0.29, 0.717) is 18.3 Å². The summed E-state index contributed by atoms with van der Waals surface area (Å²) >= 11 is 0. The molecule has 3 rings (SSSR count). The number of ketones is 1. The maximum atomic E-state index is 12.7. The summed E-state index contributed by atoms with van der Waals surface area (Å²) in [6.07, 6.45) is 4.40. The fraction of sp³-hybridized carbons (Fsp3) is 0.593. The van der Waals surface area contributed by atoms with Crippen molar-refractivity contribution >= 4 is 11.7 Å². The number of rotatable bonds is 7. The molecule has 200 valence electrons. The molecule has 1 aliphatic heterocycles. The van der Waals surface area contributed by atoms with E-state index in [1.54, 1.807) is 26.2 Å². The van der Waals surface area contributed by atoms with E-state index >= 15 is 0 Å². The van der Waals surface area contributed by atoms with Crippen LogP contribution in [0.15, 0.2) is 30.5 Å². The molecule has 1 aromatic heterocycles. The maximum Gasteiger partial charge on any atom is 0.222 e. The van der Waals surface area contributed by atoms with Gasteiger partial charge in [-0.25, -0.2) is 14.4 Å². The third-order valence-corrected chi connectivity index (χ3v) is 4.93. The number of Topliss-reactive ketones (excluding diaryl/α,β-unsaturated/α-hetero) is 1. The molecule has 0 spiro atoms. The van der Waals surface area contributed by atoms with Crippen LogP contribution in [0, 0.1) is 19.7 Å². The molecule has 7 nitrogen and oxygen atoms in total. The molecule has 1 fully saturated rings. The Morgan fingerprint density at radius 3 is 2.43 bits per heavy atom. The zero-order chi connectivity index (χ0) is 25.9. The Hall–Kier alpha value is -2.58. The summed E-state index contributed by atoms with van der Waals surface area (Å²) in [4.78, 5) is 21.1. The van der Waals surface area contributed by atoms with E-state index in [1.165, 1.54) is 32.6 Å². The molecule has 2 aromatic rings. The SMILES string of the molecule is C.CC.CCN1CCCC1CNc1nccc(C)n1.CNCC(C)=O.COc1ccc(C)cc1F. The number of ether oxygens (including phenoxy) is 1. The first kappa shape index (κ1) is 34.6. The summed E-state index contributed by atoms with van der Waals surface area (Å²) in [6, 6.07) is 7.43. The van der Waals surface area contributed by atoms with Crippen LogP contribution in [0.25, 0.3) is 0 Å². The predicted octanol–water partition coefficient (Wildman–Crippen LogP) is 5.28. The van der Waals surface area contributed by atoms with E-state index in [1.807, 2.05) is 39.8 Å². The standard InChI is InChI=1S/C12H20N4.C8H9FO.C4H9NO.C2H6.CH4/c1-3-16-8-4-5-11(16)9-14-12-13-7-6-10(2)15-12;1-6-3-4-8(10-2)7(9)5-6;1-4(6)3-5-2;1-2;/h6-7,11H,3-5,8-9H2,1-2H3,(H,13,14,15);3-5H,1-2H3;5H,3H2,1-2H3;1-2H3;1H4. The van der Waals surface area contributed by atoms with E-state index in [-0.39, 0.29) is 19.0 Å². The van der Waals surface area contributed by atoms with Gasteiger partial charge in [0.25, 0.3) is 0 Å². The van der Waals surface area contributed by atoms with Crippen molar-refractivity contribution in [3.8, 4) is 5.75 Å². The van der Waals surface area contributed by atoms with Gasteiger partial charge in [-0.05, 0) is 77.5 Å². The van der Waals surface area contributed by atoms with Gasteiger partial charge in [-0.1, -0.05) is 34.3 Å². The second-order valence-electron chi connectivity index (χ2n) is 7.70. The number of halogens is 1. The Balaban J connectivity index is 0. The molecular weight excluding hydrogens is 445 g/mol. The molecule has 0 radical (unpaired) electrons. The molecule has 0 aliphatic carbocycles. The number of nitrogens with one attached hydrogen (secondary N) is 2. The molecule has 1 unspecified atom stereocenters. The highest BCUT2D eigenvalue weighted by Crippen LogP contribution is 2.17. The monoisotopic (exact) mass is 493 g/mol. The predicted molar refractivity (Wildman–Crippen MR) is 146 cm³/mol. The lowest BCUT2D eigenvalue weighted by Gasteiger charge is -2.22. The van der Waals surface area contributed by atoms with Gasteiger partial charge in [-0.3, -0.25) is 9.69 Å². The van der Waals surface area contributed by atoms with Crippen LogP contribution in [-0.4, -0.2) is 67.0 Å². The van der Waals surface area contributed by atoms with Crippen molar-refractivity contribution in [3.63, 3.8) is 0 Å². The van der Waals surface area contributed by atoms with Crippen LogP contribution in [0.3, 0.4) is 0 Å². The van der Waals surface area contributed by atoms with Crippen molar-refractivity contribution in [2.75, 3.05) is 45.7 Å². The van der Waals surface area contributed by atoms with Crippen LogP contribution in [0.2, 0.25) is 0 Å². The minimum atomic E-state index is -0.303. The second-order valence-corrected chi connectivity index (χ2v) is 7.70. The highest BCUT2D eigenvalue weighted by molar-refractivity contribution is 5.77. The van der Waals surface area contributed by atoms with E-state index in [2.05, 4.69) is 32.4 Å². The molecule has 1 aliphatic rings. The molecule has 1 atom stereocenters. The van der Waals surface area contributed by atoms with Crippen LogP contribution >= 0.6 is 0 Å². The Morgan fingerprint density at radius 2 is 1.94 bits per heavy atom. The van der Waals surface area contributed by atoms with Crippen molar-refractivity contribution in [1.82, 2.24) is 20.2 Å². The van der Waals surface area contributed by atoms with Crippen molar-refractivity contribution in [1.29, 1.82) is 0 Å². The van der Waals surface area contributed by atoms with Gasteiger partial charge in [0, 0.05) is 24.5 Å². The molecular formula is C27H48FN5O2. The lowest BCUT2D eigenvalue weighted by atomic mass is 10.2. The van der Waals surface area contributed by atoms with Gasteiger partial charge in [-0.2, -0.15) is 0 Å². The third kappa shape index (κ3) is 15.1. The summed E-state index contributed by atoms with van der Waals surface area (Å²) in [5, 5.41) is 6.05. The van der Waals surface area contributed by atoms with Crippen LogP contribution in [0.1, 0.15) is 59.2 Å². The lowest BCUT2D eigenvalue weighted by molar-refractivity contribution is -0.116. The smallest absolute Gasteiger partial charge is 0.222 e. The highest BCUT2D eigenvalue weighted by Gasteiger charge is 2.22. The van der Waals surface area contributed by atoms with Crippen LogP contribution in [0.5, 0.6) is 5.75 Å². The lowest BCUT2D eigenvalue weighted by Crippen LogP contribution is -2.34. The first-order valence-corrected chi connectivity index (χ1v) is 12.0. The number of anilines is 1. The average molecular weight is 494 g/mol. The van der Waals surface area contributed by atoms with Gasteiger partial charge >= 0.3 is 0 Å². The molecule has 2 N–H and O–H groups in total. The van der Waals surface area contributed by atoms with E-state index in [0.717, 1.165) is 30.3 Å². The van der Waals surface area contributed by atoms with Gasteiger partial charge in [-0.15, -0.1) is 0 Å². The van der Waals surface area contributed by atoms with Gasteiger partial charge in [0.15, 0.2) is 11.6 Å². The van der Waals surface area contributed by atoms with Crippen LogP contribution in [0.4, 0.5) is 10.3 Å². The molecule has 1 saturated heterocycles. The fourth-order valence-electron chi connectivity index (χ4n) is 3.31. The number of carbonyl (C=O) groups excluding carboxylic acids is 1. The van der Waals surface area contributed by atoms with Gasteiger partial charge < -0.3 is 15.4 Å². The van der Waals surface area contributed by atoms with Gasteiger partial charge in [0.1, 0.15) is 5.78 Å². The van der Waals surface area contributed by atoms with Crippen molar-refractivity contribution < 1.29 is 13.9 Å². The number of aromatic nitrogens is 2. The van der Waals surface area contributed by atoms with E-state index in [9.17, 15) is 9.18 Å². The van der Waals surface area contributed by atoms with Crippen molar-refractivity contribution in [2.24, 2.45) is 0 Å². The largest absolute Gasteiger partial charge is 0.494 e. The number of hydrogen-bond acceptors (Lipinski definition) is 7. The highest BCUT2D eigenvalue weighted by atomic mass is 19.1. The Kier molecular flexibility index (Phi) is 20.5. The normalized spacial score (nSPS) is 14.0. The topological polar surface area (TPSA) is 79.4 Å². The van der Waals surface area contributed by atoms with E-state index < -0.39 is 0 Å². The Bertz CT molecular complexity index is 820. The molecule has 8 heteroatoms. The first-order chi connectivity index (χ1) is 16.3. The molecule has 0 amide bonds. The molecule has 35 heavy (non-hydrogen) atoms. The average Bonchev–Trinajstić information content (AvgIpc) is 3.28. The third-order valence-electron chi connectivity index (χ3n) is 4.93. The van der Waals surface area contributed by atoms with Crippen LogP contribution < -0.4 is 15.4 Å². The number of methoxy groups -OCH3 is 1. The van der Waals surface area contributed by atoms with E-state index in [4.69, 9.17) is 4.74 Å². The number of benzene rings is 1. The fourth-order valence-corrected chi connectivity index (χ4v) is 3.31. The first-order valence-electron chi connectivity index (χ1n) is 12.0. The van der Waals surface area contributed by atoms with Crippen LogP contribution in [-0.2, 0) is 4.79 Å².